The van der Waals surface area contributed by atoms with Crippen LogP contribution in [0.5, 0.6) is 0 Å². The SMILES string of the molecule is CNC(=O)NC(O)(CN1Cc2cc(Cl)ccc2C1=O)CN1Cc2cc(Cl)ccc2C1=O. The standard InChI is InChI=1S/C21H20Cl2N4O4/c1-24-20(30)25-21(31,10-26-8-12-6-14(22)2-4-16(12)18(26)28)11-27-9-13-7-15(23)3-5-17(13)19(27)29/h2-7,31H,8-11H2,1H3,(H2,24,25,30). The molecule has 162 valence electrons. The zero-order valence-electron chi connectivity index (χ0n) is 16.6. The Hall–Kier alpha value is -2.81. The summed E-state index contributed by atoms with van der Waals surface area (Å²) in [7, 11) is 1.41. The van der Waals surface area contributed by atoms with Crippen molar-refractivity contribution in [2.24, 2.45) is 0 Å². The molecule has 8 nitrogen and oxygen atoms in total. The molecular formula is C21H20Cl2N4O4. The molecule has 10 heteroatoms. The van der Waals surface area contributed by atoms with Gasteiger partial charge >= 0.3 is 6.03 Å². The first kappa shape index (κ1) is 21.4. The number of aliphatic hydroxyl groups is 1. The van der Waals surface area contributed by atoms with Crippen molar-refractivity contribution in [2.45, 2.75) is 18.8 Å². The van der Waals surface area contributed by atoms with Crippen molar-refractivity contribution >= 4 is 41.0 Å². The van der Waals surface area contributed by atoms with Crippen LogP contribution in [-0.2, 0) is 13.1 Å². The van der Waals surface area contributed by atoms with Crippen LogP contribution in [0.15, 0.2) is 36.4 Å². The number of hydrogen-bond donors (Lipinski definition) is 3. The molecule has 0 aliphatic carbocycles. The molecule has 2 aromatic carbocycles. The van der Waals surface area contributed by atoms with Gasteiger partial charge in [0.1, 0.15) is 0 Å². The van der Waals surface area contributed by atoms with Crippen LogP contribution in [0, 0.1) is 0 Å². The van der Waals surface area contributed by atoms with Crippen LogP contribution in [0.2, 0.25) is 10.0 Å². The second-order valence-corrected chi connectivity index (χ2v) is 8.53. The van der Waals surface area contributed by atoms with Gasteiger partial charge in [0.15, 0.2) is 5.72 Å². The zero-order valence-corrected chi connectivity index (χ0v) is 18.1. The Bertz CT molecular complexity index is 1020. The predicted octanol–water partition coefficient (Wildman–Crippen LogP) is 2.22. The van der Waals surface area contributed by atoms with E-state index in [-0.39, 0.29) is 38.0 Å². The molecule has 0 radical (unpaired) electrons. The highest BCUT2D eigenvalue weighted by molar-refractivity contribution is 6.31. The highest BCUT2D eigenvalue weighted by Crippen LogP contribution is 2.29. The van der Waals surface area contributed by atoms with Crippen molar-refractivity contribution in [1.29, 1.82) is 0 Å². The number of fused-ring (bicyclic) bond motifs is 2. The third kappa shape index (κ3) is 4.19. The lowest BCUT2D eigenvalue weighted by molar-refractivity contribution is -0.0329. The molecule has 0 aromatic heterocycles. The molecule has 4 rings (SSSR count). The number of nitrogens with one attached hydrogen (secondary N) is 2. The Morgan fingerprint density at radius 1 is 0.968 bits per heavy atom. The van der Waals surface area contributed by atoms with Crippen molar-refractivity contribution in [3.05, 3.63) is 68.7 Å². The Morgan fingerprint density at radius 2 is 1.42 bits per heavy atom. The molecule has 0 unspecified atom stereocenters. The molecular weight excluding hydrogens is 443 g/mol. The number of benzene rings is 2. The second-order valence-electron chi connectivity index (χ2n) is 7.66. The Balaban J connectivity index is 1.56. The molecule has 4 amide bonds. The van der Waals surface area contributed by atoms with E-state index in [1.54, 1.807) is 36.4 Å². The van der Waals surface area contributed by atoms with Crippen molar-refractivity contribution in [2.75, 3.05) is 20.1 Å². The first-order valence-electron chi connectivity index (χ1n) is 9.57. The van der Waals surface area contributed by atoms with Gasteiger partial charge in [-0.3, -0.25) is 9.59 Å². The third-order valence-electron chi connectivity index (χ3n) is 5.37. The van der Waals surface area contributed by atoms with Crippen LogP contribution < -0.4 is 10.6 Å². The van der Waals surface area contributed by atoms with Crippen LogP contribution in [0.1, 0.15) is 31.8 Å². The maximum atomic E-state index is 12.8. The number of halogens is 2. The normalized spacial score (nSPS) is 15.2. The molecule has 2 aliphatic heterocycles. The summed E-state index contributed by atoms with van der Waals surface area (Å²) in [5.41, 5.74) is 0.568. The van der Waals surface area contributed by atoms with E-state index in [1.807, 2.05) is 0 Å². The van der Waals surface area contributed by atoms with Gasteiger partial charge in [-0.2, -0.15) is 0 Å². The molecule has 0 spiro atoms. The Morgan fingerprint density at radius 3 is 1.84 bits per heavy atom. The number of rotatable bonds is 5. The topological polar surface area (TPSA) is 102 Å². The van der Waals surface area contributed by atoms with E-state index < -0.39 is 11.8 Å². The summed E-state index contributed by atoms with van der Waals surface area (Å²) >= 11 is 12.1. The van der Waals surface area contributed by atoms with Crippen molar-refractivity contribution in [3.63, 3.8) is 0 Å². The Labute approximate surface area is 188 Å². The maximum Gasteiger partial charge on any atom is 0.316 e. The average Bonchev–Trinajstić information content (AvgIpc) is 3.17. The first-order chi connectivity index (χ1) is 14.7. The van der Waals surface area contributed by atoms with E-state index in [9.17, 15) is 19.5 Å². The summed E-state index contributed by atoms with van der Waals surface area (Å²) in [6.07, 6.45) is 0. The van der Waals surface area contributed by atoms with Crippen LogP contribution >= 0.6 is 23.2 Å². The fourth-order valence-electron chi connectivity index (χ4n) is 3.99. The van der Waals surface area contributed by atoms with Gasteiger partial charge in [-0.15, -0.1) is 0 Å². The highest BCUT2D eigenvalue weighted by Gasteiger charge is 2.41. The van der Waals surface area contributed by atoms with E-state index >= 15 is 0 Å². The number of β-amino-alcohol motifs (C(OH)–C–C–N with tert-alkyl or cyclic N) is 1. The van der Waals surface area contributed by atoms with E-state index in [0.29, 0.717) is 21.2 Å². The van der Waals surface area contributed by atoms with Crippen LogP contribution in [0.4, 0.5) is 4.79 Å². The molecule has 0 saturated heterocycles. The van der Waals surface area contributed by atoms with Gasteiger partial charge in [0.05, 0.1) is 13.1 Å². The van der Waals surface area contributed by atoms with Crippen LogP contribution in [-0.4, -0.2) is 58.6 Å². The first-order valence-corrected chi connectivity index (χ1v) is 10.3. The van der Waals surface area contributed by atoms with E-state index in [1.165, 1.54) is 16.8 Å². The summed E-state index contributed by atoms with van der Waals surface area (Å²) in [6, 6.07) is 9.28. The predicted molar refractivity (Wildman–Crippen MR) is 115 cm³/mol. The van der Waals surface area contributed by atoms with Gasteiger partial charge in [-0.1, -0.05) is 23.2 Å². The van der Waals surface area contributed by atoms with Crippen molar-refractivity contribution < 1.29 is 19.5 Å². The van der Waals surface area contributed by atoms with Gasteiger partial charge < -0.3 is 25.5 Å². The molecule has 3 N–H and O–H groups in total. The maximum absolute atomic E-state index is 12.8. The lowest BCUT2D eigenvalue weighted by Gasteiger charge is -2.35. The van der Waals surface area contributed by atoms with E-state index in [0.717, 1.165) is 11.1 Å². The average molecular weight is 463 g/mol. The lowest BCUT2D eigenvalue weighted by atomic mass is 10.1. The quantitative estimate of drug-likeness (QED) is 0.592. The summed E-state index contributed by atoms with van der Waals surface area (Å²) in [4.78, 5) is 40.5. The van der Waals surface area contributed by atoms with Gasteiger partial charge in [0.2, 0.25) is 0 Å². The van der Waals surface area contributed by atoms with E-state index in [4.69, 9.17) is 23.2 Å². The summed E-state index contributed by atoms with van der Waals surface area (Å²) in [5.74, 6) is -0.571. The number of carbonyl (C=O) groups is 3. The smallest absolute Gasteiger partial charge is 0.316 e. The Kier molecular flexibility index (Phi) is 5.55. The minimum Gasteiger partial charge on any atom is -0.368 e. The number of hydrogen-bond acceptors (Lipinski definition) is 4. The number of nitrogens with zero attached hydrogens (tertiary/aromatic N) is 2. The molecule has 31 heavy (non-hydrogen) atoms. The fourth-order valence-corrected chi connectivity index (χ4v) is 4.38. The molecule has 2 aliphatic rings. The minimum absolute atomic E-state index is 0.216. The number of carbonyl (C=O) groups excluding carboxylic acids is 3. The van der Waals surface area contributed by atoms with Gasteiger partial charge in [0, 0.05) is 41.3 Å². The summed E-state index contributed by atoms with van der Waals surface area (Å²) < 4.78 is 0. The molecule has 0 bridgehead atoms. The van der Waals surface area contributed by atoms with Crippen molar-refractivity contribution in [3.8, 4) is 0 Å². The molecule has 0 atom stereocenters. The van der Waals surface area contributed by atoms with Gasteiger partial charge in [0.25, 0.3) is 11.8 Å². The fraction of sp³-hybridized carbons (Fsp3) is 0.286. The molecule has 2 aromatic rings. The monoisotopic (exact) mass is 462 g/mol. The third-order valence-corrected chi connectivity index (χ3v) is 5.84. The van der Waals surface area contributed by atoms with Gasteiger partial charge in [-0.25, -0.2) is 4.79 Å². The molecule has 0 fully saturated rings. The zero-order chi connectivity index (χ0) is 22.3. The van der Waals surface area contributed by atoms with E-state index in [2.05, 4.69) is 10.6 Å². The summed E-state index contributed by atoms with van der Waals surface area (Å²) in [5, 5.41) is 17.2. The highest BCUT2D eigenvalue weighted by atomic mass is 35.5. The molecule has 2 heterocycles. The number of urea groups is 1. The summed E-state index contributed by atoms with van der Waals surface area (Å²) in [6.45, 7) is 0.0331. The lowest BCUT2D eigenvalue weighted by Crippen LogP contribution is -2.62. The largest absolute Gasteiger partial charge is 0.368 e. The molecule has 0 saturated carbocycles. The number of amides is 4. The van der Waals surface area contributed by atoms with Gasteiger partial charge in [-0.05, 0) is 47.5 Å². The minimum atomic E-state index is -1.89. The van der Waals surface area contributed by atoms with Crippen LogP contribution in [0.3, 0.4) is 0 Å². The second kappa shape index (κ2) is 8.03. The van der Waals surface area contributed by atoms with Crippen LogP contribution in [0.25, 0.3) is 0 Å². The van der Waals surface area contributed by atoms with Crippen molar-refractivity contribution in [1.82, 2.24) is 20.4 Å².